The molecule has 1 aromatic carbocycles. The fourth-order valence-corrected chi connectivity index (χ4v) is 2.27. The Morgan fingerprint density at radius 1 is 1.33 bits per heavy atom. The smallest absolute Gasteiger partial charge is 0.222 e. The molecular weight excluding hydrogens is 226 g/mol. The van der Waals surface area contributed by atoms with Crippen molar-refractivity contribution in [1.82, 2.24) is 4.90 Å². The van der Waals surface area contributed by atoms with E-state index in [1.807, 2.05) is 11.8 Å². The largest absolute Gasteiger partial charge is 0.370 e. The van der Waals surface area contributed by atoms with Gasteiger partial charge in [-0.3, -0.25) is 4.79 Å². The minimum Gasteiger partial charge on any atom is -0.370 e. The van der Waals surface area contributed by atoms with Gasteiger partial charge in [-0.2, -0.15) is 0 Å². The van der Waals surface area contributed by atoms with Gasteiger partial charge in [0.2, 0.25) is 5.91 Å². The van der Waals surface area contributed by atoms with E-state index < -0.39 is 0 Å². The second-order valence-electron chi connectivity index (χ2n) is 4.65. The van der Waals surface area contributed by atoms with Crippen LogP contribution in [-0.2, 0) is 16.0 Å². The zero-order valence-corrected chi connectivity index (χ0v) is 11.2. The Morgan fingerprint density at radius 2 is 2.06 bits per heavy atom. The monoisotopic (exact) mass is 247 g/mol. The molecule has 0 unspecified atom stereocenters. The average Bonchev–Trinajstić information content (AvgIpc) is 2.46. The van der Waals surface area contributed by atoms with E-state index in [4.69, 9.17) is 4.74 Å². The molecule has 1 aromatic rings. The lowest BCUT2D eigenvalue weighted by atomic mass is 10.0. The lowest BCUT2D eigenvalue weighted by Crippen LogP contribution is -2.41. The molecule has 0 spiro atoms. The van der Waals surface area contributed by atoms with E-state index >= 15 is 0 Å². The number of carbonyl (C=O) groups is 1. The number of amides is 1. The van der Waals surface area contributed by atoms with Crippen LogP contribution in [0, 0.1) is 0 Å². The summed E-state index contributed by atoms with van der Waals surface area (Å²) in [6.07, 6.45) is 1.65. The first kappa shape index (κ1) is 13.1. The van der Waals surface area contributed by atoms with Crippen molar-refractivity contribution < 1.29 is 9.53 Å². The van der Waals surface area contributed by atoms with Gasteiger partial charge >= 0.3 is 0 Å². The summed E-state index contributed by atoms with van der Waals surface area (Å²) in [5, 5.41) is 0. The van der Waals surface area contributed by atoms with Gasteiger partial charge < -0.3 is 9.64 Å². The van der Waals surface area contributed by atoms with Gasteiger partial charge in [0, 0.05) is 13.0 Å². The van der Waals surface area contributed by atoms with E-state index in [0.29, 0.717) is 19.6 Å². The summed E-state index contributed by atoms with van der Waals surface area (Å²) in [5.74, 6) is 0.216. The van der Waals surface area contributed by atoms with Crippen molar-refractivity contribution in [2.24, 2.45) is 0 Å². The second-order valence-corrected chi connectivity index (χ2v) is 4.65. The molecule has 3 heteroatoms. The Morgan fingerprint density at radius 3 is 2.67 bits per heavy atom. The molecule has 1 aliphatic heterocycles. The lowest BCUT2D eigenvalue weighted by molar-refractivity contribution is -0.138. The molecule has 0 bridgehead atoms. The van der Waals surface area contributed by atoms with Crippen LogP contribution in [0.4, 0.5) is 0 Å². The minimum absolute atomic E-state index is 0.0279. The van der Waals surface area contributed by atoms with E-state index in [-0.39, 0.29) is 12.0 Å². The lowest BCUT2D eigenvalue weighted by Gasteiger charge is -2.33. The SMILES string of the molecule is CCC(=O)N1CCO[C@@H](c2ccc(CC)cc2)C1. The Labute approximate surface area is 109 Å². The topological polar surface area (TPSA) is 29.5 Å². The van der Waals surface area contributed by atoms with Gasteiger partial charge in [0.25, 0.3) is 0 Å². The molecule has 1 fully saturated rings. The van der Waals surface area contributed by atoms with Crippen molar-refractivity contribution in [1.29, 1.82) is 0 Å². The van der Waals surface area contributed by atoms with Crippen LogP contribution in [-0.4, -0.2) is 30.5 Å². The number of benzene rings is 1. The summed E-state index contributed by atoms with van der Waals surface area (Å²) >= 11 is 0. The van der Waals surface area contributed by atoms with Crippen LogP contribution < -0.4 is 0 Å². The minimum atomic E-state index is 0.0279. The maximum atomic E-state index is 11.7. The Bertz CT molecular complexity index is 399. The summed E-state index contributed by atoms with van der Waals surface area (Å²) in [4.78, 5) is 13.6. The highest BCUT2D eigenvalue weighted by Crippen LogP contribution is 2.23. The van der Waals surface area contributed by atoms with Crippen molar-refractivity contribution in [2.45, 2.75) is 32.8 Å². The van der Waals surface area contributed by atoms with E-state index in [0.717, 1.165) is 13.0 Å². The van der Waals surface area contributed by atoms with Gasteiger partial charge in [0.05, 0.1) is 13.2 Å². The molecule has 0 aliphatic carbocycles. The summed E-state index contributed by atoms with van der Waals surface area (Å²) in [6, 6.07) is 8.51. The highest BCUT2D eigenvalue weighted by atomic mass is 16.5. The van der Waals surface area contributed by atoms with Crippen molar-refractivity contribution in [3.63, 3.8) is 0 Å². The number of nitrogens with zero attached hydrogens (tertiary/aromatic N) is 1. The Hall–Kier alpha value is -1.35. The van der Waals surface area contributed by atoms with Crippen LogP contribution >= 0.6 is 0 Å². The molecule has 0 aromatic heterocycles. The van der Waals surface area contributed by atoms with Crippen LogP contribution in [0.5, 0.6) is 0 Å². The van der Waals surface area contributed by atoms with Crippen LogP contribution in [0.2, 0.25) is 0 Å². The Balaban J connectivity index is 2.05. The summed E-state index contributed by atoms with van der Waals surface area (Å²) < 4.78 is 5.77. The fraction of sp³-hybridized carbons (Fsp3) is 0.533. The third kappa shape index (κ3) is 2.91. The predicted molar refractivity (Wildman–Crippen MR) is 71.4 cm³/mol. The van der Waals surface area contributed by atoms with Gasteiger partial charge in [0.1, 0.15) is 6.10 Å². The van der Waals surface area contributed by atoms with Crippen LogP contribution in [0.3, 0.4) is 0 Å². The molecule has 1 saturated heterocycles. The van der Waals surface area contributed by atoms with Crippen LogP contribution in [0.25, 0.3) is 0 Å². The van der Waals surface area contributed by atoms with Crippen molar-refractivity contribution >= 4 is 5.91 Å². The summed E-state index contributed by atoms with van der Waals surface area (Å²) in [5.41, 5.74) is 2.50. The number of rotatable bonds is 3. The molecule has 0 radical (unpaired) electrons. The molecule has 1 amide bonds. The molecule has 18 heavy (non-hydrogen) atoms. The standard InChI is InChI=1S/C15H21NO2/c1-3-12-5-7-13(8-6-12)14-11-16(9-10-18-14)15(17)4-2/h5-8,14H,3-4,9-11H2,1-2H3/t14-/m1/s1. The molecule has 1 heterocycles. The first-order valence-corrected chi connectivity index (χ1v) is 6.72. The van der Waals surface area contributed by atoms with E-state index in [1.54, 1.807) is 0 Å². The average molecular weight is 247 g/mol. The number of aryl methyl sites for hydroxylation is 1. The molecule has 1 atom stereocenters. The highest BCUT2D eigenvalue weighted by molar-refractivity contribution is 5.75. The van der Waals surface area contributed by atoms with Crippen LogP contribution in [0.1, 0.15) is 37.5 Å². The van der Waals surface area contributed by atoms with Crippen molar-refractivity contribution in [3.8, 4) is 0 Å². The molecule has 0 N–H and O–H groups in total. The van der Waals surface area contributed by atoms with Gasteiger partial charge in [-0.05, 0) is 17.5 Å². The number of hydrogen-bond donors (Lipinski definition) is 0. The highest BCUT2D eigenvalue weighted by Gasteiger charge is 2.24. The first-order chi connectivity index (χ1) is 8.74. The molecule has 2 rings (SSSR count). The molecule has 98 valence electrons. The van der Waals surface area contributed by atoms with Gasteiger partial charge in [-0.1, -0.05) is 38.1 Å². The third-order valence-corrected chi connectivity index (χ3v) is 3.48. The normalized spacial score (nSPS) is 19.9. The number of carbonyl (C=O) groups excluding carboxylic acids is 1. The zero-order chi connectivity index (χ0) is 13.0. The first-order valence-electron chi connectivity index (χ1n) is 6.72. The predicted octanol–water partition coefficient (Wildman–Crippen LogP) is 2.56. The van der Waals surface area contributed by atoms with Gasteiger partial charge in [-0.25, -0.2) is 0 Å². The van der Waals surface area contributed by atoms with Crippen LogP contribution in [0.15, 0.2) is 24.3 Å². The van der Waals surface area contributed by atoms with Gasteiger partial charge in [-0.15, -0.1) is 0 Å². The molecule has 1 aliphatic rings. The molecule has 0 saturated carbocycles. The zero-order valence-electron chi connectivity index (χ0n) is 11.2. The third-order valence-electron chi connectivity index (χ3n) is 3.48. The van der Waals surface area contributed by atoms with E-state index in [1.165, 1.54) is 11.1 Å². The Kier molecular flexibility index (Phi) is 4.37. The summed E-state index contributed by atoms with van der Waals surface area (Å²) in [6.45, 7) is 6.08. The maximum Gasteiger partial charge on any atom is 0.222 e. The van der Waals surface area contributed by atoms with E-state index in [2.05, 4.69) is 31.2 Å². The number of morpholine rings is 1. The molecule has 3 nitrogen and oxygen atoms in total. The van der Waals surface area contributed by atoms with Crippen molar-refractivity contribution in [2.75, 3.05) is 19.7 Å². The second kappa shape index (κ2) is 6.01. The summed E-state index contributed by atoms with van der Waals surface area (Å²) in [7, 11) is 0. The quantitative estimate of drug-likeness (QED) is 0.821. The molecular formula is C15H21NO2. The van der Waals surface area contributed by atoms with Crippen molar-refractivity contribution in [3.05, 3.63) is 35.4 Å². The van der Waals surface area contributed by atoms with E-state index in [9.17, 15) is 4.79 Å². The van der Waals surface area contributed by atoms with Gasteiger partial charge in [0.15, 0.2) is 0 Å². The maximum absolute atomic E-state index is 11.7. The fourth-order valence-electron chi connectivity index (χ4n) is 2.27. The number of ether oxygens (including phenoxy) is 1. The number of hydrogen-bond acceptors (Lipinski definition) is 2.